The van der Waals surface area contributed by atoms with Gasteiger partial charge in [-0.25, -0.2) is 9.45 Å². The summed E-state index contributed by atoms with van der Waals surface area (Å²) in [6, 6.07) is 5.89. The van der Waals surface area contributed by atoms with Crippen LogP contribution >= 0.6 is 0 Å². The summed E-state index contributed by atoms with van der Waals surface area (Å²) in [6.45, 7) is 0.446. The summed E-state index contributed by atoms with van der Waals surface area (Å²) in [5.41, 5.74) is 0.908. The normalized spacial score (nSPS) is 22.5. The Morgan fingerprint density at radius 3 is 2.73 bits per heavy atom. The summed E-state index contributed by atoms with van der Waals surface area (Å²) in [7, 11) is 0. The third-order valence-electron chi connectivity index (χ3n) is 4.51. The van der Waals surface area contributed by atoms with E-state index in [1.807, 2.05) is 6.07 Å². The summed E-state index contributed by atoms with van der Waals surface area (Å²) >= 11 is 0. The molecule has 1 amide bonds. The van der Waals surface area contributed by atoms with Crippen molar-refractivity contribution in [2.45, 2.75) is 44.6 Å². The molecule has 1 atom stereocenters. The van der Waals surface area contributed by atoms with E-state index in [0.29, 0.717) is 18.6 Å². The predicted octanol–water partition coefficient (Wildman–Crippen LogP) is 3.48. The van der Waals surface area contributed by atoms with Gasteiger partial charge < -0.3 is 0 Å². The van der Waals surface area contributed by atoms with E-state index in [2.05, 4.69) is 0 Å². The quantitative estimate of drug-likeness (QED) is 0.840. The zero-order valence-corrected chi connectivity index (χ0v) is 12.4. The van der Waals surface area contributed by atoms with E-state index in [-0.39, 0.29) is 23.4 Å². The first-order valence-corrected chi connectivity index (χ1v) is 7.85. The first kappa shape index (κ1) is 15.0. The van der Waals surface area contributed by atoms with Crippen LogP contribution in [0.4, 0.5) is 4.39 Å². The van der Waals surface area contributed by atoms with Crippen LogP contribution in [0.5, 0.6) is 0 Å². The Balaban J connectivity index is 1.82. The smallest absolute Gasteiger partial charge is 0.249 e. The second-order valence-electron chi connectivity index (χ2n) is 6.02. The van der Waals surface area contributed by atoms with Crippen molar-refractivity contribution in [2.75, 3.05) is 6.61 Å². The summed E-state index contributed by atoms with van der Waals surface area (Å²) in [5, 5.41) is 10.4. The zero-order chi connectivity index (χ0) is 15.5. The average molecular weight is 302 g/mol. The van der Waals surface area contributed by atoms with Gasteiger partial charge in [-0.2, -0.15) is 5.26 Å². The zero-order valence-electron chi connectivity index (χ0n) is 12.4. The number of carbonyl (C=O) groups is 1. The van der Waals surface area contributed by atoms with Gasteiger partial charge in [0.25, 0.3) is 0 Å². The number of amides is 1. The summed E-state index contributed by atoms with van der Waals surface area (Å²) in [5.74, 6) is -0.436. The maximum atomic E-state index is 13.7. The van der Waals surface area contributed by atoms with Gasteiger partial charge in [-0.15, -0.1) is 0 Å². The number of benzene rings is 1. The molecule has 22 heavy (non-hydrogen) atoms. The molecule has 1 aromatic rings. The van der Waals surface area contributed by atoms with Gasteiger partial charge in [-0.1, -0.05) is 19.3 Å². The molecule has 4 nitrogen and oxygen atoms in total. The molecule has 0 bridgehead atoms. The van der Waals surface area contributed by atoms with E-state index in [4.69, 9.17) is 10.1 Å². The fraction of sp³-hybridized carbons (Fsp3) is 0.529. The van der Waals surface area contributed by atoms with Gasteiger partial charge in [0, 0.05) is 12.3 Å². The van der Waals surface area contributed by atoms with E-state index in [1.54, 1.807) is 6.07 Å². The predicted molar refractivity (Wildman–Crippen MR) is 77.8 cm³/mol. The molecule has 5 heteroatoms. The number of hydroxylamine groups is 2. The molecule has 1 aliphatic heterocycles. The van der Waals surface area contributed by atoms with E-state index >= 15 is 0 Å². The minimum atomic E-state index is -0.453. The molecule has 0 aromatic heterocycles. The lowest BCUT2D eigenvalue weighted by atomic mass is 9.88. The van der Waals surface area contributed by atoms with Gasteiger partial charge in [0.05, 0.1) is 24.3 Å². The number of nitriles is 1. The monoisotopic (exact) mass is 302 g/mol. The van der Waals surface area contributed by atoms with Crippen LogP contribution in [0.1, 0.15) is 55.7 Å². The highest BCUT2D eigenvalue weighted by atomic mass is 19.1. The molecule has 1 saturated heterocycles. The van der Waals surface area contributed by atoms with Crippen LogP contribution in [0.15, 0.2) is 18.2 Å². The summed E-state index contributed by atoms with van der Waals surface area (Å²) in [6.07, 6.45) is 5.77. The van der Waals surface area contributed by atoms with Gasteiger partial charge in [-0.3, -0.25) is 9.63 Å². The number of rotatable bonds is 2. The maximum absolute atomic E-state index is 13.7. The SMILES string of the molecule is N#Cc1cc(F)cc(C2CCON2C(=O)C2CCCCC2)c1. The second-order valence-corrected chi connectivity index (χ2v) is 6.02. The third-order valence-corrected chi connectivity index (χ3v) is 4.51. The van der Waals surface area contributed by atoms with Crippen LogP contribution in [0.25, 0.3) is 0 Å². The summed E-state index contributed by atoms with van der Waals surface area (Å²) < 4.78 is 13.7. The van der Waals surface area contributed by atoms with Crippen molar-refractivity contribution < 1.29 is 14.0 Å². The molecular weight excluding hydrogens is 283 g/mol. The van der Waals surface area contributed by atoms with Crippen LogP contribution in [0.3, 0.4) is 0 Å². The molecule has 0 N–H and O–H groups in total. The molecular formula is C17H19FN2O2. The molecule has 1 heterocycles. The first-order chi connectivity index (χ1) is 10.7. The number of nitrogens with zero attached hydrogens (tertiary/aromatic N) is 2. The minimum absolute atomic E-state index is 0.00460. The van der Waals surface area contributed by atoms with Crippen LogP contribution in [0.2, 0.25) is 0 Å². The summed E-state index contributed by atoms with van der Waals surface area (Å²) in [4.78, 5) is 18.2. The Morgan fingerprint density at radius 1 is 1.23 bits per heavy atom. The van der Waals surface area contributed by atoms with Crippen molar-refractivity contribution in [2.24, 2.45) is 5.92 Å². The highest BCUT2D eigenvalue weighted by Crippen LogP contribution is 2.35. The molecule has 116 valence electrons. The van der Waals surface area contributed by atoms with Crippen molar-refractivity contribution in [3.05, 3.63) is 35.1 Å². The first-order valence-electron chi connectivity index (χ1n) is 7.85. The van der Waals surface area contributed by atoms with Crippen molar-refractivity contribution in [3.8, 4) is 6.07 Å². The fourth-order valence-electron chi connectivity index (χ4n) is 3.39. The second kappa shape index (κ2) is 6.45. The molecule has 3 rings (SSSR count). The van der Waals surface area contributed by atoms with Gasteiger partial charge in [-0.05, 0) is 36.6 Å². The van der Waals surface area contributed by atoms with Crippen LogP contribution < -0.4 is 0 Å². The van der Waals surface area contributed by atoms with Crippen molar-refractivity contribution >= 4 is 5.91 Å². The standard InChI is InChI=1S/C17H19FN2O2/c18-15-9-12(11-19)8-14(10-15)16-6-7-22-20(16)17(21)13-4-2-1-3-5-13/h8-10,13,16H,1-7H2. The molecule has 0 spiro atoms. The minimum Gasteiger partial charge on any atom is -0.272 e. The fourth-order valence-corrected chi connectivity index (χ4v) is 3.39. The van der Waals surface area contributed by atoms with Crippen LogP contribution in [-0.4, -0.2) is 17.6 Å². The highest BCUT2D eigenvalue weighted by Gasteiger charge is 2.36. The highest BCUT2D eigenvalue weighted by molar-refractivity contribution is 5.78. The number of hydrogen-bond donors (Lipinski definition) is 0. The van der Waals surface area contributed by atoms with Gasteiger partial charge >= 0.3 is 0 Å². The van der Waals surface area contributed by atoms with Crippen LogP contribution in [-0.2, 0) is 9.63 Å². The van der Waals surface area contributed by atoms with Crippen LogP contribution in [0, 0.1) is 23.1 Å². The number of hydrogen-bond acceptors (Lipinski definition) is 3. The van der Waals surface area contributed by atoms with E-state index in [1.165, 1.54) is 23.6 Å². The Hall–Kier alpha value is -1.93. The molecule has 1 saturated carbocycles. The van der Waals surface area contributed by atoms with E-state index in [0.717, 1.165) is 25.7 Å². The maximum Gasteiger partial charge on any atom is 0.249 e. The largest absolute Gasteiger partial charge is 0.272 e. The lowest BCUT2D eigenvalue weighted by molar-refractivity contribution is -0.182. The number of halogens is 1. The molecule has 1 unspecified atom stereocenters. The van der Waals surface area contributed by atoms with Gasteiger partial charge in [0.1, 0.15) is 5.82 Å². The lowest BCUT2D eigenvalue weighted by Crippen LogP contribution is -2.35. The molecule has 2 aliphatic rings. The molecule has 1 aromatic carbocycles. The Morgan fingerprint density at radius 2 is 2.00 bits per heavy atom. The molecule has 2 fully saturated rings. The molecule has 1 aliphatic carbocycles. The topological polar surface area (TPSA) is 53.3 Å². The van der Waals surface area contributed by atoms with Crippen molar-refractivity contribution in [3.63, 3.8) is 0 Å². The molecule has 0 radical (unpaired) electrons. The van der Waals surface area contributed by atoms with Crippen molar-refractivity contribution in [1.29, 1.82) is 5.26 Å². The van der Waals surface area contributed by atoms with Crippen molar-refractivity contribution in [1.82, 2.24) is 5.06 Å². The Bertz CT molecular complexity index is 605. The third kappa shape index (κ3) is 2.97. The lowest BCUT2D eigenvalue weighted by Gasteiger charge is -2.29. The average Bonchev–Trinajstić information content (AvgIpc) is 3.04. The Labute approximate surface area is 129 Å². The number of carbonyl (C=O) groups excluding carboxylic acids is 1. The van der Waals surface area contributed by atoms with E-state index in [9.17, 15) is 9.18 Å². The Kier molecular flexibility index (Phi) is 4.39. The van der Waals surface area contributed by atoms with Gasteiger partial charge in [0.2, 0.25) is 5.91 Å². The van der Waals surface area contributed by atoms with Gasteiger partial charge in [0.15, 0.2) is 0 Å². The van der Waals surface area contributed by atoms with E-state index < -0.39 is 5.82 Å².